The fourth-order valence-corrected chi connectivity index (χ4v) is 2.43. The van der Waals surface area contributed by atoms with E-state index in [0.29, 0.717) is 19.0 Å². The number of amides is 2. The van der Waals surface area contributed by atoms with Crippen LogP contribution in [0.3, 0.4) is 0 Å². The van der Waals surface area contributed by atoms with E-state index in [-0.39, 0.29) is 35.6 Å². The quantitative estimate of drug-likeness (QED) is 0.823. The summed E-state index contributed by atoms with van der Waals surface area (Å²) in [7, 11) is 0. The molecule has 1 rings (SSSR count). The van der Waals surface area contributed by atoms with Crippen molar-refractivity contribution in [1.82, 2.24) is 10.2 Å². The summed E-state index contributed by atoms with van der Waals surface area (Å²) in [5, 5.41) is 3.00. The SMILES string of the molecule is CC(C)[C@H](N)C(=O)N1CCCC(CNC(=O)C(C)(C)C)C1.Cl. The first-order chi connectivity index (χ1) is 9.62. The summed E-state index contributed by atoms with van der Waals surface area (Å²) in [4.78, 5) is 26.1. The van der Waals surface area contributed by atoms with Gasteiger partial charge in [-0.05, 0) is 24.7 Å². The molecule has 1 fully saturated rings. The van der Waals surface area contributed by atoms with Crippen molar-refractivity contribution in [2.45, 2.75) is 53.5 Å². The first-order valence-electron chi connectivity index (χ1n) is 7.95. The van der Waals surface area contributed by atoms with Gasteiger partial charge in [0.05, 0.1) is 6.04 Å². The minimum absolute atomic E-state index is 0. The summed E-state index contributed by atoms with van der Waals surface area (Å²) < 4.78 is 0. The standard InChI is InChI=1S/C16H31N3O2.ClH/c1-11(2)13(17)14(20)19-8-6-7-12(10-19)9-18-15(21)16(3,4)5;/h11-13H,6-10,17H2,1-5H3,(H,18,21);1H/t12?,13-;/m0./s1. The second kappa shape index (κ2) is 8.73. The van der Waals surface area contributed by atoms with Crippen molar-refractivity contribution in [1.29, 1.82) is 0 Å². The van der Waals surface area contributed by atoms with E-state index >= 15 is 0 Å². The van der Waals surface area contributed by atoms with Gasteiger partial charge in [0.1, 0.15) is 0 Å². The molecule has 0 spiro atoms. The molecule has 130 valence electrons. The monoisotopic (exact) mass is 333 g/mol. The Labute approximate surface area is 140 Å². The van der Waals surface area contributed by atoms with Crippen LogP contribution in [-0.4, -0.2) is 42.4 Å². The summed E-state index contributed by atoms with van der Waals surface area (Å²) in [6.45, 7) is 11.8. The molecular formula is C16H32ClN3O2. The molecule has 2 amide bonds. The summed E-state index contributed by atoms with van der Waals surface area (Å²) in [5.74, 6) is 0.577. The predicted octanol–water partition coefficient (Wildman–Crippen LogP) is 1.79. The first kappa shape index (κ1) is 21.2. The third-order valence-electron chi connectivity index (χ3n) is 4.07. The van der Waals surface area contributed by atoms with Crippen LogP contribution in [0.5, 0.6) is 0 Å². The van der Waals surface area contributed by atoms with Crippen LogP contribution in [0.2, 0.25) is 0 Å². The molecular weight excluding hydrogens is 302 g/mol. The second-order valence-corrected chi connectivity index (χ2v) is 7.52. The van der Waals surface area contributed by atoms with E-state index in [2.05, 4.69) is 5.32 Å². The van der Waals surface area contributed by atoms with Crippen LogP contribution in [0.25, 0.3) is 0 Å². The number of halogens is 1. The molecule has 1 aliphatic rings. The zero-order chi connectivity index (χ0) is 16.2. The molecule has 2 atom stereocenters. The van der Waals surface area contributed by atoms with Crippen molar-refractivity contribution in [2.75, 3.05) is 19.6 Å². The second-order valence-electron chi connectivity index (χ2n) is 7.52. The van der Waals surface area contributed by atoms with Crippen LogP contribution in [0.1, 0.15) is 47.5 Å². The predicted molar refractivity (Wildman–Crippen MR) is 91.8 cm³/mol. The maximum Gasteiger partial charge on any atom is 0.239 e. The van der Waals surface area contributed by atoms with Crippen LogP contribution < -0.4 is 11.1 Å². The lowest BCUT2D eigenvalue weighted by atomic mass is 9.93. The van der Waals surface area contributed by atoms with Gasteiger partial charge < -0.3 is 16.0 Å². The van der Waals surface area contributed by atoms with Crippen molar-refractivity contribution in [2.24, 2.45) is 23.0 Å². The van der Waals surface area contributed by atoms with Gasteiger partial charge in [-0.3, -0.25) is 9.59 Å². The van der Waals surface area contributed by atoms with E-state index in [1.807, 2.05) is 39.5 Å². The summed E-state index contributed by atoms with van der Waals surface area (Å²) in [6.07, 6.45) is 2.03. The zero-order valence-electron chi connectivity index (χ0n) is 14.5. The Morgan fingerprint density at radius 2 is 1.91 bits per heavy atom. The van der Waals surface area contributed by atoms with Crippen LogP contribution in [0.4, 0.5) is 0 Å². The Morgan fingerprint density at radius 3 is 2.41 bits per heavy atom. The molecule has 0 saturated carbocycles. The number of hydrogen-bond acceptors (Lipinski definition) is 3. The van der Waals surface area contributed by atoms with Gasteiger partial charge in [-0.1, -0.05) is 34.6 Å². The summed E-state index contributed by atoms with van der Waals surface area (Å²) >= 11 is 0. The Hall–Kier alpha value is -0.810. The van der Waals surface area contributed by atoms with Crippen molar-refractivity contribution < 1.29 is 9.59 Å². The largest absolute Gasteiger partial charge is 0.355 e. The number of piperidine rings is 1. The summed E-state index contributed by atoms with van der Waals surface area (Å²) in [5.41, 5.74) is 5.58. The van der Waals surface area contributed by atoms with Gasteiger partial charge in [-0.25, -0.2) is 0 Å². The molecule has 5 nitrogen and oxygen atoms in total. The Morgan fingerprint density at radius 1 is 1.32 bits per heavy atom. The maximum atomic E-state index is 12.3. The average Bonchev–Trinajstić information content (AvgIpc) is 2.42. The number of hydrogen-bond donors (Lipinski definition) is 2. The van der Waals surface area contributed by atoms with Gasteiger partial charge >= 0.3 is 0 Å². The average molecular weight is 334 g/mol. The minimum Gasteiger partial charge on any atom is -0.355 e. The highest BCUT2D eigenvalue weighted by Gasteiger charge is 2.29. The number of nitrogens with one attached hydrogen (secondary N) is 1. The maximum absolute atomic E-state index is 12.3. The van der Waals surface area contributed by atoms with Crippen molar-refractivity contribution in [3.63, 3.8) is 0 Å². The lowest BCUT2D eigenvalue weighted by molar-refractivity contribution is -0.135. The lowest BCUT2D eigenvalue weighted by Crippen LogP contribution is -2.51. The topological polar surface area (TPSA) is 75.4 Å². The van der Waals surface area contributed by atoms with Crippen LogP contribution >= 0.6 is 12.4 Å². The van der Waals surface area contributed by atoms with E-state index < -0.39 is 6.04 Å². The number of carbonyl (C=O) groups is 2. The van der Waals surface area contributed by atoms with Crippen molar-refractivity contribution in [3.8, 4) is 0 Å². The molecule has 1 saturated heterocycles. The Kier molecular flexibility index (Phi) is 8.40. The highest BCUT2D eigenvalue weighted by atomic mass is 35.5. The molecule has 0 bridgehead atoms. The Balaban J connectivity index is 0.00000441. The number of nitrogens with zero attached hydrogens (tertiary/aromatic N) is 1. The molecule has 6 heteroatoms. The molecule has 1 unspecified atom stereocenters. The number of nitrogens with two attached hydrogens (primary N) is 1. The Bertz CT molecular complexity index is 380. The molecule has 0 aliphatic carbocycles. The van der Waals surface area contributed by atoms with Crippen LogP contribution in [-0.2, 0) is 9.59 Å². The van der Waals surface area contributed by atoms with Gasteiger partial charge in [-0.15, -0.1) is 12.4 Å². The van der Waals surface area contributed by atoms with Gasteiger partial charge in [0, 0.05) is 25.0 Å². The third-order valence-corrected chi connectivity index (χ3v) is 4.07. The molecule has 0 aromatic carbocycles. The number of likely N-dealkylation sites (tertiary alicyclic amines) is 1. The number of carbonyl (C=O) groups excluding carboxylic acids is 2. The van der Waals surface area contributed by atoms with Gasteiger partial charge in [0.15, 0.2) is 0 Å². The minimum atomic E-state index is -0.423. The van der Waals surface area contributed by atoms with Crippen molar-refractivity contribution >= 4 is 24.2 Å². The highest BCUT2D eigenvalue weighted by molar-refractivity contribution is 5.85. The molecule has 22 heavy (non-hydrogen) atoms. The smallest absolute Gasteiger partial charge is 0.239 e. The fraction of sp³-hybridized carbons (Fsp3) is 0.875. The van der Waals surface area contributed by atoms with E-state index in [0.717, 1.165) is 19.4 Å². The third kappa shape index (κ3) is 6.13. The fourth-order valence-electron chi connectivity index (χ4n) is 2.43. The van der Waals surface area contributed by atoms with Gasteiger partial charge in [0.25, 0.3) is 0 Å². The van der Waals surface area contributed by atoms with Crippen LogP contribution in [0.15, 0.2) is 0 Å². The molecule has 1 heterocycles. The molecule has 0 aromatic heterocycles. The molecule has 0 radical (unpaired) electrons. The molecule has 3 N–H and O–H groups in total. The molecule has 0 aromatic rings. The van der Waals surface area contributed by atoms with Crippen LogP contribution in [0, 0.1) is 17.3 Å². The van der Waals surface area contributed by atoms with Gasteiger partial charge in [-0.2, -0.15) is 0 Å². The molecule has 1 aliphatic heterocycles. The highest BCUT2D eigenvalue weighted by Crippen LogP contribution is 2.19. The first-order valence-corrected chi connectivity index (χ1v) is 7.95. The zero-order valence-corrected chi connectivity index (χ0v) is 15.3. The van der Waals surface area contributed by atoms with E-state index in [4.69, 9.17) is 5.73 Å². The van der Waals surface area contributed by atoms with E-state index in [9.17, 15) is 9.59 Å². The normalized spacial score (nSPS) is 20.3. The summed E-state index contributed by atoms with van der Waals surface area (Å²) in [6, 6.07) is -0.423. The lowest BCUT2D eigenvalue weighted by Gasteiger charge is -2.35. The van der Waals surface area contributed by atoms with Gasteiger partial charge in [0.2, 0.25) is 11.8 Å². The van der Waals surface area contributed by atoms with Crippen molar-refractivity contribution in [3.05, 3.63) is 0 Å². The number of rotatable bonds is 4. The van der Waals surface area contributed by atoms with E-state index in [1.165, 1.54) is 0 Å². The van der Waals surface area contributed by atoms with E-state index in [1.54, 1.807) is 0 Å².